The number of unbranched alkanes of at least 4 members (excludes halogenated alkanes) is 3. The zero-order valence-corrected chi connectivity index (χ0v) is 10.7. The maximum atomic E-state index is 4.37. The largest absolute Gasteiger partial charge is 0.298 e. The summed E-state index contributed by atoms with van der Waals surface area (Å²) in [4.78, 5) is 4.37. The molecule has 0 aromatic heterocycles. The van der Waals surface area contributed by atoms with Gasteiger partial charge >= 0.3 is 0 Å². The minimum absolute atomic E-state index is 0.665. The Morgan fingerprint density at radius 1 is 1.13 bits per heavy atom. The van der Waals surface area contributed by atoms with E-state index >= 15 is 0 Å². The van der Waals surface area contributed by atoms with Gasteiger partial charge < -0.3 is 0 Å². The van der Waals surface area contributed by atoms with Crippen LogP contribution >= 0.6 is 0 Å². The van der Waals surface area contributed by atoms with Gasteiger partial charge in [-0.15, -0.1) is 0 Å². The summed E-state index contributed by atoms with van der Waals surface area (Å²) in [6.07, 6.45) is 14.4. The molecule has 0 spiro atoms. The predicted molar refractivity (Wildman–Crippen MR) is 70.7 cm³/mol. The van der Waals surface area contributed by atoms with Gasteiger partial charge in [-0.1, -0.05) is 44.8 Å². The molecular weight excluding hydrogens is 182 g/mol. The second-order valence-electron chi connectivity index (χ2n) is 4.06. The Balaban J connectivity index is 3.74. The van der Waals surface area contributed by atoms with Crippen LogP contribution in [0, 0.1) is 5.92 Å². The summed E-state index contributed by atoms with van der Waals surface area (Å²) >= 11 is 0. The van der Waals surface area contributed by atoms with Crippen LogP contribution in [0.3, 0.4) is 0 Å². The number of rotatable bonds is 9. The van der Waals surface area contributed by atoms with Crippen molar-refractivity contribution in [3.05, 3.63) is 12.2 Å². The molecule has 1 unspecified atom stereocenters. The summed E-state index contributed by atoms with van der Waals surface area (Å²) in [6, 6.07) is 0. The summed E-state index contributed by atoms with van der Waals surface area (Å²) in [7, 11) is 0. The molecule has 0 amide bonds. The van der Waals surface area contributed by atoms with E-state index in [1.165, 1.54) is 32.1 Å². The summed E-state index contributed by atoms with van der Waals surface area (Å²) in [6.45, 7) is 7.36. The smallest absolute Gasteiger partial charge is 0.0357 e. The second-order valence-corrected chi connectivity index (χ2v) is 4.06. The minimum atomic E-state index is 0.665. The fourth-order valence-electron chi connectivity index (χ4n) is 1.65. The monoisotopic (exact) mass is 209 g/mol. The lowest BCUT2D eigenvalue weighted by molar-refractivity contribution is 0.560. The summed E-state index contributed by atoms with van der Waals surface area (Å²) in [5, 5.41) is 0. The molecular formula is C14H27N. The van der Waals surface area contributed by atoms with E-state index < -0.39 is 0 Å². The molecule has 0 rings (SSSR count). The quantitative estimate of drug-likeness (QED) is 0.298. The predicted octanol–water partition coefficient (Wildman–Crippen LogP) is 4.63. The van der Waals surface area contributed by atoms with Crippen molar-refractivity contribution in [2.24, 2.45) is 10.9 Å². The van der Waals surface area contributed by atoms with Crippen molar-refractivity contribution in [3.63, 3.8) is 0 Å². The van der Waals surface area contributed by atoms with Crippen LogP contribution in [0.1, 0.15) is 59.3 Å². The molecule has 15 heavy (non-hydrogen) atoms. The molecule has 0 N–H and O–H groups in total. The first-order chi connectivity index (χ1) is 7.35. The maximum Gasteiger partial charge on any atom is 0.0357 e. The van der Waals surface area contributed by atoms with Gasteiger partial charge in [0.2, 0.25) is 0 Å². The van der Waals surface area contributed by atoms with Crippen LogP contribution in [0.5, 0.6) is 0 Å². The third-order valence-electron chi connectivity index (χ3n) is 2.60. The number of hydrogen-bond donors (Lipinski definition) is 0. The number of aliphatic imine (C=N–C) groups is 1. The van der Waals surface area contributed by atoms with Crippen molar-refractivity contribution in [2.45, 2.75) is 59.3 Å². The van der Waals surface area contributed by atoms with Gasteiger partial charge in [0, 0.05) is 12.8 Å². The van der Waals surface area contributed by atoms with Gasteiger partial charge in [0.1, 0.15) is 0 Å². The lowest BCUT2D eigenvalue weighted by Crippen LogP contribution is -2.01. The Morgan fingerprint density at radius 3 is 2.53 bits per heavy atom. The van der Waals surface area contributed by atoms with E-state index in [1.54, 1.807) is 0 Å². The van der Waals surface area contributed by atoms with Gasteiger partial charge in [0.05, 0.1) is 0 Å². The summed E-state index contributed by atoms with van der Waals surface area (Å²) < 4.78 is 0. The van der Waals surface area contributed by atoms with Gasteiger partial charge in [0.15, 0.2) is 0 Å². The Labute approximate surface area is 95.7 Å². The van der Waals surface area contributed by atoms with Crippen LogP contribution in [-0.4, -0.2) is 12.8 Å². The van der Waals surface area contributed by atoms with E-state index in [9.17, 15) is 0 Å². The fraction of sp³-hybridized carbons (Fsp3) is 0.786. The van der Waals surface area contributed by atoms with E-state index in [-0.39, 0.29) is 0 Å². The van der Waals surface area contributed by atoms with Crippen molar-refractivity contribution < 1.29 is 0 Å². The van der Waals surface area contributed by atoms with Crippen molar-refractivity contribution in [1.29, 1.82) is 0 Å². The lowest BCUT2D eigenvalue weighted by atomic mass is 9.98. The molecule has 0 aromatic carbocycles. The van der Waals surface area contributed by atoms with Crippen molar-refractivity contribution in [1.82, 2.24) is 0 Å². The van der Waals surface area contributed by atoms with Crippen LogP contribution in [-0.2, 0) is 0 Å². The van der Waals surface area contributed by atoms with Crippen LogP contribution in [0.15, 0.2) is 17.1 Å². The molecule has 1 nitrogen and oxygen atoms in total. The van der Waals surface area contributed by atoms with Crippen LogP contribution in [0.4, 0.5) is 0 Å². The van der Waals surface area contributed by atoms with Crippen molar-refractivity contribution >= 4 is 6.21 Å². The van der Waals surface area contributed by atoms with Crippen LogP contribution < -0.4 is 0 Å². The average molecular weight is 209 g/mol. The Hall–Kier alpha value is -0.590. The first-order valence-corrected chi connectivity index (χ1v) is 6.46. The van der Waals surface area contributed by atoms with E-state index in [0.717, 1.165) is 13.0 Å². The summed E-state index contributed by atoms with van der Waals surface area (Å²) in [5.41, 5.74) is 0. The highest BCUT2D eigenvalue weighted by Crippen LogP contribution is 2.13. The molecule has 0 bridgehead atoms. The van der Waals surface area contributed by atoms with Gasteiger partial charge in [0.25, 0.3) is 0 Å². The average Bonchev–Trinajstić information content (AvgIpc) is 2.27. The lowest BCUT2D eigenvalue weighted by Gasteiger charge is -2.09. The standard InChI is InChI=1S/C14H27N/c1-4-7-9-10-12-14(11-8-5-2)13-15-6-3/h5,8,13-14H,4,6-7,9-12H2,1-3H3/b8-5-,15-13?. The molecule has 0 aliphatic heterocycles. The van der Waals surface area contributed by atoms with E-state index in [0.29, 0.717) is 5.92 Å². The highest BCUT2D eigenvalue weighted by molar-refractivity contribution is 5.60. The first kappa shape index (κ1) is 14.4. The van der Waals surface area contributed by atoms with E-state index in [1.807, 2.05) is 0 Å². The molecule has 0 aliphatic carbocycles. The highest BCUT2D eigenvalue weighted by Gasteiger charge is 2.02. The third-order valence-corrected chi connectivity index (χ3v) is 2.60. The Bertz CT molecular complexity index is 170. The molecule has 0 aliphatic rings. The normalized spacial score (nSPS) is 14.1. The maximum absolute atomic E-state index is 4.37. The third kappa shape index (κ3) is 9.71. The van der Waals surface area contributed by atoms with E-state index in [4.69, 9.17) is 0 Å². The molecule has 0 aromatic rings. The van der Waals surface area contributed by atoms with Gasteiger partial charge in [-0.2, -0.15) is 0 Å². The van der Waals surface area contributed by atoms with Gasteiger partial charge in [-0.3, -0.25) is 4.99 Å². The summed E-state index contributed by atoms with van der Waals surface area (Å²) in [5.74, 6) is 0.665. The molecule has 0 radical (unpaired) electrons. The van der Waals surface area contributed by atoms with Crippen molar-refractivity contribution in [2.75, 3.05) is 6.54 Å². The fourth-order valence-corrected chi connectivity index (χ4v) is 1.65. The molecule has 1 atom stereocenters. The highest BCUT2D eigenvalue weighted by atomic mass is 14.7. The van der Waals surface area contributed by atoms with Crippen LogP contribution in [0.2, 0.25) is 0 Å². The second kappa shape index (κ2) is 11.5. The minimum Gasteiger partial charge on any atom is -0.298 e. The van der Waals surface area contributed by atoms with E-state index in [2.05, 4.69) is 44.1 Å². The van der Waals surface area contributed by atoms with Crippen LogP contribution in [0.25, 0.3) is 0 Å². The van der Waals surface area contributed by atoms with Crippen molar-refractivity contribution in [3.8, 4) is 0 Å². The topological polar surface area (TPSA) is 12.4 Å². The number of allylic oxidation sites excluding steroid dienone is 2. The van der Waals surface area contributed by atoms with Gasteiger partial charge in [-0.05, 0) is 32.6 Å². The zero-order valence-electron chi connectivity index (χ0n) is 10.7. The molecule has 88 valence electrons. The molecule has 1 heteroatoms. The molecule has 0 saturated carbocycles. The molecule has 0 fully saturated rings. The van der Waals surface area contributed by atoms with Gasteiger partial charge in [-0.25, -0.2) is 0 Å². The first-order valence-electron chi connectivity index (χ1n) is 6.46. The molecule has 0 heterocycles. The molecule has 0 saturated heterocycles. The number of nitrogens with zero attached hydrogens (tertiary/aromatic N) is 1. The SMILES string of the molecule is C/C=C\CC(C=NCC)CCCCCC. The Morgan fingerprint density at radius 2 is 1.93 bits per heavy atom. The zero-order chi connectivity index (χ0) is 11.4. The Kier molecular flexibility index (Phi) is 11.0. The number of hydrogen-bond acceptors (Lipinski definition) is 1.